The van der Waals surface area contributed by atoms with E-state index in [1.54, 1.807) is 17.4 Å². The van der Waals surface area contributed by atoms with Gasteiger partial charge in [-0.15, -0.1) is 11.3 Å². The highest BCUT2D eigenvalue weighted by Crippen LogP contribution is 2.24. The number of aliphatic hydroxyl groups is 1. The van der Waals surface area contributed by atoms with E-state index in [1.165, 1.54) is 12.8 Å². The Balaban J connectivity index is 1.82. The summed E-state index contributed by atoms with van der Waals surface area (Å²) < 4.78 is 0. The molecule has 2 heterocycles. The third kappa shape index (κ3) is 4.33. The minimum atomic E-state index is -1.25. The van der Waals surface area contributed by atoms with Crippen LogP contribution in [0.1, 0.15) is 23.3 Å². The number of benzene rings is 1. The van der Waals surface area contributed by atoms with Crippen molar-refractivity contribution in [3.8, 4) is 11.8 Å². The molecule has 1 aromatic heterocycles. The van der Waals surface area contributed by atoms with E-state index < -0.39 is 5.60 Å². The van der Waals surface area contributed by atoms with Gasteiger partial charge in [-0.3, -0.25) is 4.90 Å². The fourth-order valence-electron chi connectivity index (χ4n) is 2.72. The zero-order valence-electron chi connectivity index (χ0n) is 13.1. The molecule has 118 valence electrons. The average Bonchev–Trinajstić information content (AvgIpc) is 3.28. The van der Waals surface area contributed by atoms with Gasteiger partial charge in [0.2, 0.25) is 0 Å². The van der Waals surface area contributed by atoms with Crippen LogP contribution >= 0.6 is 11.3 Å². The summed E-state index contributed by atoms with van der Waals surface area (Å²) in [7, 11) is 0. The molecule has 0 aliphatic carbocycles. The normalized spacial score (nSPS) is 17.8. The Morgan fingerprint density at radius 3 is 2.61 bits per heavy atom. The van der Waals surface area contributed by atoms with Crippen molar-refractivity contribution in [2.75, 3.05) is 19.6 Å². The van der Waals surface area contributed by atoms with Gasteiger partial charge in [-0.2, -0.15) is 0 Å². The largest absolute Gasteiger partial charge is 0.370 e. The molecule has 0 radical (unpaired) electrons. The standard InChI is InChI=1S/C20H21NOS/c22-20(18-8-2-1-3-9-18,13-11-19-10-6-17-23-19)12-7-16-21-14-4-5-15-21/h1-3,6,8-11,13,17,22H,4-5,14-16H2/b13-11+. The first-order chi connectivity index (χ1) is 11.3. The molecular weight excluding hydrogens is 302 g/mol. The Kier molecular flexibility index (Phi) is 5.30. The van der Waals surface area contributed by atoms with Gasteiger partial charge in [0.25, 0.3) is 0 Å². The topological polar surface area (TPSA) is 23.5 Å². The summed E-state index contributed by atoms with van der Waals surface area (Å²) in [5.74, 6) is 6.26. The maximum atomic E-state index is 11.1. The van der Waals surface area contributed by atoms with Gasteiger partial charge >= 0.3 is 0 Å². The molecule has 23 heavy (non-hydrogen) atoms. The van der Waals surface area contributed by atoms with Gasteiger partial charge in [-0.25, -0.2) is 0 Å². The first kappa shape index (κ1) is 16.0. The van der Waals surface area contributed by atoms with Crippen molar-refractivity contribution >= 4 is 17.4 Å². The highest BCUT2D eigenvalue weighted by Gasteiger charge is 2.23. The molecule has 0 bridgehead atoms. The summed E-state index contributed by atoms with van der Waals surface area (Å²) >= 11 is 1.65. The molecule has 1 atom stereocenters. The summed E-state index contributed by atoms with van der Waals surface area (Å²) in [6.45, 7) is 2.95. The van der Waals surface area contributed by atoms with Crippen molar-refractivity contribution in [2.45, 2.75) is 18.4 Å². The summed E-state index contributed by atoms with van der Waals surface area (Å²) in [5, 5.41) is 13.1. The monoisotopic (exact) mass is 323 g/mol. The lowest BCUT2D eigenvalue weighted by atomic mass is 9.93. The lowest BCUT2D eigenvalue weighted by Gasteiger charge is -2.19. The van der Waals surface area contributed by atoms with Crippen molar-refractivity contribution in [1.29, 1.82) is 0 Å². The van der Waals surface area contributed by atoms with Crippen LogP contribution in [0.5, 0.6) is 0 Å². The molecule has 3 heteroatoms. The van der Waals surface area contributed by atoms with Crippen LogP contribution in [0.4, 0.5) is 0 Å². The zero-order valence-corrected chi connectivity index (χ0v) is 13.9. The van der Waals surface area contributed by atoms with Crippen LogP contribution in [0.2, 0.25) is 0 Å². The minimum absolute atomic E-state index is 0.724. The number of hydrogen-bond acceptors (Lipinski definition) is 3. The molecule has 2 nitrogen and oxygen atoms in total. The summed E-state index contributed by atoms with van der Waals surface area (Å²) in [5.41, 5.74) is -0.438. The lowest BCUT2D eigenvalue weighted by molar-refractivity contribution is 0.155. The van der Waals surface area contributed by atoms with Crippen LogP contribution < -0.4 is 0 Å². The Morgan fingerprint density at radius 2 is 1.91 bits per heavy atom. The summed E-state index contributed by atoms with van der Waals surface area (Å²) in [6, 6.07) is 13.7. The number of thiophene rings is 1. The van der Waals surface area contributed by atoms with Crippen molar-refractivity contribution in [2.24, 2.45) is 0 Å². The van der Waals surface area contributed by atoms with Crippen LogP contribution in [0.25, 0.3) is 6.08 Å². The Bertz CT molecular complexity index is 690. The maximum absolute atomic E-state index is 11.1. The first-order valence-electron chi connectivity index (χ1n) is 7.99. The zero-order chi connectivity index (χ0) is 16.0. The lowest BCUT2D eigenvalue weighted by Crippen LogP contribution is -2.23. The van der Waals surface area contributed by atoms with Crippen molar-refractivity contribution in [3.05, 3.63) is 64.4 Å². The number of likely N-dealkylation sites (tertiary alicyclic amines) is 1. The van der Waals surface area contributed by atoms with E-state index in [1.807, 2.05) is 53.9 Å². The summed E-state index contributed by atoms with van der Waals surface area (Å²) in [6.07, 6.45) is 6.25. The summed E-state index contributed by atoms with van der Waals surface area (Å²) in [4.78, 5) is 3.45. The molecule has 1 fully saturated rings. The highest BCUT2D eigenvalue weighted by molar-refractivity contribution is 7.10. The third-order valence-electron chi connectivity index (χ3n) is 4.03. The molecule has 0 spiro atoms. The van der Waals surface area contributed by atoms with Gasteiger partial charge in [-0.1, -0.05) is 48.2 Å². The highest BCUT2D eigenvalue weighted by atomic mass is 32.1. The van der Waals surface area contributed by atoms with Gasteiger partial charge in [-0.05, 0) is 55.1 Å². The van der Waals surface area contributed by atoms with Crippen molar-refractivity contribution < 1.29 is 5.11 Å². The van der Waals surface area contributed by atoms with Gasteiger partial charge in [0, 0.05) is 4.88 Å². The Labute approximate surface area is 142 Å². The third-order valence-corrected chi connectivity index (χ3v) is 4.86. The Morgan fingerprint density at radius 1 is 1.13 bits per heavy atom. The van der Waals surface area contributed by atoms with Crippen LogP contribution in [0.3, 0.4) is 0 Å². The second kappa shape index (κ2) is 7.61. The molecule has 0 saturated carbocycles. The fraction of sp³-hybridized carbons (Fsp3) is 0.300. The van der Waals surface area contributed by atoms with E-state index in [2.05, 4.69) is 16.7 Å². The molecule has 2 aromatic rings. The van der Waals surface area contributed by atoms with E-state index in [9.17, 15) is 5.11 Å². The second-order valence-electron chi connectivity index (χ2n) is 5.77. The van der Waals surface area contributed by atoms with Gasteiger partial charge in [0.05, 0.1) is 6.54 Å². The van der Waals surface area contributed by atoms with Crippen LogP contribution in [-0.2, 0) is 5.60 Å². The predicted molar refractivity (Wildman–Crippen MR) is 97.1 cm³/mol. The van der Waals surface area contributed by atoms with Crippen LogP contribution in [-0.4, -0.2) is 29.6 Å². The molecule has 1 saturated heterocycles. The molecule has 1 N–H and O–H groups in total. The van der Waals surface area contributed by atoms with Gasteiger partial charge in [0.15, 0.2) is 5.60 Å². The Hall–Kier alpha value is -1.86. The van der Waals surface area contributed by atoms with E-state index in [0.29, 0.717) is 0 Å². The van der Waals surface area contributed by atoms with E-state index in [0.717, 1.165) is 30.1 Å². The minimum Gasteiger partial charge on any atom is -0.370 e. The van der Waals surface area contributed by atoms with E-state index in [4.69, 9.17) is 0 Å². The maximum Gasteiger partial charge on any atom is 0.170 e. The van der Waals surface area contributed by atoms with E-state index >= 15 is 0 Å². The van der Waals surface area contributed by atoms with Crippen LogP contribution in [0, 0.1) is 11.8 Å². The average molecular weight is 323 g/mol. The molecular formula is C20H21NOS. The van der Waals surface area contributed by atoms with Crippen molar-refractivity contribution in [3.63, 3.8) is 0 Å². The van der Waals surface area contributed by atoms with Crippen molar-refractivity contribution in [1.82, 2.24) is 4.90 Å². The molecule has 1 aliphatic heterocycles. The van der Waals surface area contributed by atoms with Gasteiger partial charge < -0.3 is 5.11 Å². The molecule has 1 aromatic carbocycles. The first-order valence-corrected chi connectivity index (χ1v) is 8.87. The van der Waals surface area contributed by atoms with Crippen LogP contribution in [0.15, 0.2) is 53.9 Å². The molecule has 1 aliphatic rings. The molecule has 1 unspecified atom stereocenters. The number of hydrogen-bond donors (Lipinski definition) is 1. The number of nitrogens with zero attached hydrogens (tertiary/aromatic N) is 1. The molecule has 0 amide bonds. The SMILES string of the molecule is OC(C#CCN1CCCC1)(/C=C/c1cccs1)c1ccccc1. The smallest absolute Gasteiger partial charge is 0.170 e. The van der Waals surface area contributed by atoms with E-state index in [-0.39, 0.29) is 0 Å². The number of rotatable bonds is 4. The molecule has 3 rings (SSSR count). The quantitative estimate of drug-likeness (QED) is 0.866. The van der Waals surface area contributed by atoms with Gasteiger partial charge in [0.1, 0.15) is 0 Å². The second-order valence-corrected chi connectivity index (χ2v) is 6.75. The fourth-order valence-corrected chi connectivity index (χ4v) is 3.34. The predicted octanol–water partition coefficient (Wildman–Crippen LogP) is 3.75.